The fraction of sp³-hybridized carbons (Fsp3) is 0.273. The Morgan fingerprint density at radius 3 is 2.84 bits per heavy atom. The van der Waals surface area contributed by atoms with Crippen LogP contribution in [0.2, 0.25) is 0 Å². The van der Waals surface area contributed by atoms with Gasteiger partial charge in [0.05, 0.1) is 0 Å². The zero-order chi connectivity index (χ0) is 13.9. The van der Waals surface area contributed by atoms with Crippen LogP contribution in [0.1, 0.15) is 10.6 Å². The molecule has 104 valence electrons. The summed E-state index contributed by atoms with van der Waals surface area (Å²) >= 11 is 4.61. The maximum Gasteiger partial charge on any atom is 0.244 e. The third-order valence-corrected chi connectivity index (χ3v) is 5.65. The van der Waals surface area contributed by atoms with E-state index in [9.17, 15) is 8.42 Å². The van der Waals surface area contributed by atoms with Crippen molar-refractivity contribution in [3.8, 4) is 0 Å². The molecule has 2 heterocycles. The van der Waals surface area contributed by atoms with Crippen LogP contribution in [-0.4, -0.2) is 20.1 Å². The lowest BCUT2D eigenvalue weighted by atomic mass is 10.3. The minimum atomic E-state index is -3.63. The Labute approximate surface area is 123 Å². The minimum Gasteiger partial charge on any atom is -0.450 e. The van der Waals surface area contributed by atoms with E-state index in [2.05, 4.69) is 20.7 Å². The van der Waals surface area contributed by atoms with Crippen molar-refractivity contribution in [2.75, 3.05) is 6.54 Å². The summed E-state index contributed by atoms with van der Waals surface area (Å²) in [4.78, 5) is 1.12. The maximum absolute atomic E-state index is 12.0. The molecule has 0 aliphatic carbocycles. The van der Waals surface area contributed by atoms with Gasteiger partial charge in [-0.2, -0.15) is 0 Å². The number of sulfonamides is 1. The Balaban J connectivity index is 2.03. The van der Waals surface area contributed by atoms with Gasteiger partial charge in [-0.1, -0.05) is 6.07 Å². The zero-order valence-electron chi connectivity index (χ0n) is 9.80. The Morgan fingerprint density at radius 1 is 1.47 bits per heavy atom. The second kappa shape index (κ2) is 6.19. The van der Waals surface area contributed by atoms with Crippen molar-refractivity contribution >= 4 is 37.3 Å². The summed E-state index contributed by atoms with van der Waals surface area (Å²) in [6.07, 6.45) is 0.638. The van der Waals surface area contributed by atoms with Gasteiger partial charge in [0.15, 0.2) is 4.67 Å². The molecule has 0 aliphatic heterocycles. The Kier molecular flexibility index (Phi) is 4.80. The van der Waals surface area contributed by atoms with Crippen LogP contribution < -0.4 is 4.72 Å². The standard InChI is InChI=1S/C11H12BrNO4S2/c12-11-10(6-8(7-14)17-11)19(15,16)13-4-3-9-2-1-5-18-9/h1-2,5-6,13-14H,3-4,7H2. The van der Waals surface area contributed by atoms with Crippen LogP contribution in [0, 0.1) is 0 Å². The van der Waals surface area contributed by atoms with Gasteiger partial charge in [0.25, 0.3) is 0 Å². The van der Waals surface area contributed by atoms with Gasteiger partial charge in [-0.05, 0) is 33.8 Å². The first-order valence-electron chi connectivity index (χ1n) is 5.44. The summed E-state index contributed by atoms with van der Waals surface area (Å²) in [5, 5.41) is 10.9. The third-order valence-electron chi connectivity index (χ3n) is 2.40. The summed E-state index contributed by atoms with van der Waals surface area (Å²) in [5.74, 6) is 0.200. The lowest BCUT2D eigenvalue weighted by molar-refractivity contribution is 0.245. The topological polar surface area (TPSA) is 79.5 Å². The highest BCUT2D eigenvalue weighted by Gasteiger charge is 2.21. The molecule has 19 heavy (non-hydrogen) atoms. The number of rotatable bonds is 6. The van der Waals surface area contributed by atoms with E-state index >= 15 is 0 Å². The monoisotopic (exact) mass is 365 g/mol. The van der Waals surface area contributed by atoms with Crippen LogP contribution in [0.25, 0.3) is 0 Å². The first kappa shape index (κ1) is 14.7. The molecule has 2 aromatic rings. The van der Waals surface area contributed by atoms with Gasteiger partial charge in [-0.15, -0.1) is 11.3 Å². The summed E-state index contributed by atoms with van der Waals surface area (Å²) < 4.78 is 31.7. The van der Waals surface area contributed by atoms with Gasteiger partial charge in [0.2, 0.25) is 10.0 Å². The molecule has 0 amide bonds. The first-order chi connectivity index (χ1) is 9.03. The van der Waals surface area contributed by atoms with Crippen LogP contribution >= 0.6 is 27.3 Å². The van der Waals surface area contributed by atoms with Gasteiger partial charge < -0.3 is 9.52 Å². The summed E-state index contributed by atoms with van der Waals surface area (Å²) in [5.41, 5.74) is 0. The van der Waals surface area contributed by atoms with Crippen molar-refractivity contribution < 1.29 is 17.9 Å². The molecule has 2 rings (SSSR count). The van der Waals surface area contributed by atoms with Crippen molar-refractivity contribution in [2.24, 2.45) is 0 Å². The number of halogens is 1. The van der Waals surface area contributed by atoms with Crippen LogP contribution in [-0.2, 0) is 23.1 Å². The lowest BCUT2D eigenvalue weighted by Gasteiger charge is -2.03. The number of hydrogen-bond acceptors (Lipinski definition) is 5. The van der Waals surface area contributed by atoms with Crippen LogP contribution in [0.3, 0.4) is 0 Å². The third kappa shape index (κ3) is 3.67. The van der Waals surface area contributed by atoms with Crippen molar-refractivity contribution in [1.29, 1.82) is 0 Å². The van der Waals surface area contributed by atoms with E-state index in [1.54, 1.807) is 11.3 Å². The molecule has 0 aromatic carbocycles. The second-order valence-corrected chi connectivity index (χ2v) is 7.22. The number of furan rings is 1. The molecule has 5 nitrogen and oxygen atoms in total. The van der Waals surface area contributed by atoms with Gasteiger partial charge in [0, 0.05) is 17.5 Å². The molecular formula is C11H12BrNO4S2. The second-order valence-electron chi connectivity index (χ2n) is 3.74. The molecule has 0 unspecified atom stereocenters. The fourth-order valence-electron chi connectivity index (χ4n) is 1.50. The number of thiophene rings is 1. The molecule has 8 heteroatoms. The van der Waals surface area contributed by atoms with E-state index in [0.29, 0.717) is 13.0 Å². The summed E-state index contributed by atoms with van der Waals surface area (Å²) in [6.45, 7) is -0.0295. The van der Waals surface area contributed by atoms with Crippen molar-refractivity contribution in [1.82, 2.24) is 4.72 Å². The number of hydrogen-bond donors (Lipinski definition) is 2. The smallest absolute Gasteiger partial charge is 0.244 e. The predicted molar refractivity (Wildman–Crippen MR) is 75.5 cm³/mol. The van der Waals surface area contributed by atoms with E-state index in [-0.39, 0.29) is 21.9 Å². The average molecular weight is 366 g/mol. The van der Waals surface area contributed by atoms with Crippen molar-refractivity contribution in [2.45, 2.75) is 17.9 Å². The van der Waals surface area contributed by atoms with Gasteiger partial charge in [0.1, 0.15) is 17.3 Å². The average Bonchev–Trinajstić information content (AvgIpc) is 2.98. The highest BCUT2D eigenvalue weighted by atomic mass is 79.9. The normalized spacial score (nSPS) is 11.9. The Morgan fingerprint density at radius 2 is 2.26 bits per heavy atom. The van der Waals surface area contributed by atoms with Crippen LogP contribution in [0.15, 0.2) is 37.6 Å². The van der Waals surface area contributed by atoms with E-state index in [0.717, 1.165) is 4.88 Å². The molecule has 0 spiro atoms. The van der Waals surface area contributed by atoms with E-state index in [1.807, 2.05) is 17.5 Å². The molecular weight excluding hydrogens is 354 g/mol. The van der Waals surface area contributed by atoms with Crippen LogP contribution in [0.5, 0.6) is 0 Å². The first-order valence-corrected chi connectivity index (χ1v) is 8.59. The minimum absolute atomic E-state index is 0.00253. The lowest BCUT2D eigenvalue weighted by Crippen LogP contribution is -2.25. The van der Waals surface area contributed by atoms with Gasteiger partial charge >= 0.3 is 0 Å². The SMILES string of the molecule is O=S(=O)(NCCc1cccs1)c1cc(CO)oc1Br. The number of aliphatic hydroxyl groups is 1. The molecule has 0 fully saturated rings. The highest BCUT2D eigenvalue weighted by molar-refractivity contribution is 9.10. The Hall–Kier alpha value is -0.670. The Bertz CT molecular complexity index is 634. The van der Waals surface area contributed by atoms with Crippen molar-refractivity contribution in [3.63, 3.8) is 0 Å². The van der Waals surface area contributed by atoms with E-state index in [1.165, 1.54) is 6.07 Å². The largest absolute Gasteiger partial charge is 0.450 e. The molecule has 2 N–H and O–H groups in total. The molecule has 0 saturated carbocycles. The number of nitrogens with one attached hydrogen (secondary N) is 1. The highest BCUT2D eigenvalue weighted by Crippen LogP contribution is 2.26. The quantitative estimate of drug-likeness (QED) is 0.821. The fourth-order valence-corrected chi connectivity index (χ4v) is 4.24. The summed E-state index contributed by atoms with van der Waals surface area (Å²) in [6, 6.07) is 5.18. The molecule has 2 aromatic heterocycles. The molecule has 0 radical (unpaired) electrons. The zero-order valence-corrected chi connectivity index (χ0v) is 13.0. The van der Waals surface area contributed by atoms with E-state index < -0.39 is 10.0 Å². The molecule has 0 aliphatic rings. The van der Waals surface area contributed by atoms with Gasteiger partial charge in [-0.3, -0.25) is 0 Å². The predicted octanol–water partition coefficient (Wildman–Crippen LogP) is 2.12. The maximum atomic E-state index is 12.0. The number of aliphatic hydroxyl groups excluding tert-OH is 1. The molecule has 0 bridgehead atoms. The summed E-state index contributed by atoms with van der Waals surface area (Å²) in [7, 11) is -3.63. The van der Waals surface area contributed by atoms with E-state index in [4.69, 9.17) is 9.52 Å². The van der Waals surface area contributed by atoms with Crippen molar-refractivity contribution in [3.05, 3.63) is 38.9 Å². The van der Waals surface area contributed by atoms with Crippen LogP contribution in [0.4, 0.5) is 0 Å². The molecule has 0 atom stereocenters. The van der Waals surface area contributed by atoms with Gasteiger partial charge in [-0.25, -0.2) is 13.1 Å². The molecule has 0 saturated heterocycles.